The molecule has 0 spiro atoms. The van der Waals surface area contributed by atoms with Gasteiger partial charge in [-0.3, -0.25) is 0 Å². The van der Waals surface area contributed by atoms with E-state index in [-0.39, 0.29) is 24.5 Å². The highest BCUT2D eigenvalue weighted by Gasteiger charge is 2.21. The van der Waals surface area contributed by atoms with E-state index in [0.717, 1.165) is 4.31 Å². The van der Waals surface area contributed by atoms with Crippen LogP contribution in [0.25, 0.3) is 0 Å². The Morgan fingerprint density at radius 2 is 2.10 bits per heavy atom. The Morgan fingerprint density at radius 3 is 2.67 bits per heavy atom. The summed E-state index contributed by atoms with van der Waals surface area (Å²) < 4.78 is 30.1. The van der Waals surface area contributed by atoms with Gasteiger partial charge in [0, 0.05) is 20.7 Å². The number of hydrogen-bond donors (Lipinski definition) is 2. The Kier molecular flexibility index (Phi) is 6.28. The van der Waals surface area contributed by atoms with Crippen LogP contribution in [0.4, 0.5) is 0 Å². The molecule has 1 rings (SSSR count). The summed E-state index contributed by atoms with van der Waals surface area (Å²) in [5, 5.41) is 18.4. The first kappa shape index (κ1) is 17.6. The fourth-order valence-corrected chi connectivity index (χ4v) is 2.99. The second kappa shape index (κ2) is 7.51. The first-order chi connectivity index (χ1) is 9.76. The maximum Gasteiger partial charge on any atom is 0.335 e. The van der Waals surface area contributed by atoms with Gasteiger partial charge in [0.1, 0.15) is 0 Å². The normalized spacial score (nSPS) is 13.3. The number of methoxy groups -OCH3 is 1. The lowest BCUT2D eigenvalue weighted by Crippen LogP contribution is -2.36. The number of likely N-dealkylation sites (N-methyl/N-ethyl adjacent to an activating group) is 1. The van der Waals surface area contributed by atoms with Crippen molar-refractivity contribution < 1.29 is 28.2 Å². The van der Waals surface area contributed by atoms with E-state index < -0.39 is 22.1 Å². The molecule has 7 nitrogen and oxygen atoms in total. The summed E-state index contributed by atoms with van der Waals surface area (Å²) in [6.07, 6.45) is -0.917. The van der Waals surface area contributed by atoms with Gasteiger partial charge in [0.25, 0.3) is 0 Å². The minimum atomic E-state index is -3.64. The molecule has 0 radical (unpaired) electrons. The molecule has 0 aromatic heterocycles. The lowest BCUT2D eigenvalue weighted by molar-refractivity contribution is 0.0554. The monoisotopic (exact) mass is 317 g/mol. The number of hydrogen-bond acceptors (Lipinski definition) is 5. The first-order valence-electron chi connectivity index (χ1n) is 6.19. The molecule has 0 saturated carbocycles. The van der Waals surface area contributed by atoms with Crippen molar-refractivity contribution in [3.05, 3.63) is 35.4 Å². The molecule has 1 atom stereocenters. The number of aliphatic hydroxyl groups is 1. The molecule has 0 heterocycles. The van der Waals surface area contributed by atoms with Crippen molar-refractivity contribution in [2.75, 3.05) is 27.3 Å². The lowest BCUT2D eigenvalue weighted by atomic mass is 10.1. The van der Waals surface area contributed by atoms with Crippen molar-refractivity contribution in [3.63, 3.8) is 0 Å². The van der Waals surface area contributed by atoms with Crippen molar-refractivity contribution in [2.24, 2.45) is 0 Å². The van der Waals surface area contributed by atoms with Crippen molar-refractivity contribution in [3.8, 4) is 0 Å². The third-order valence-corrected chi connectivity index (χ3v) is 4.62. The van der Waals surface area contributed by atoms with E-state index in [1.165, 1.54) is 32.4 Å². The first-order valence-corrected chi connectivity index (χ1v) is 7.80. The summed E-state index contributed by atoms with van der Waals surface area (Å²) in [6, 6.07) is 5.75. The number of sulfonamides is 1. The molecule has 0 saturated heterocycles. The number of aromatic carboxylic acids is 1. The van der Waals surface area contributed by atoms with Gasteiger partial charge in [0.15, 0.2) is 0 Å². The van der Waals surface area contributed by atoms with Crippen LogP contribution in [0.3, 0.4) is 0 Å². The highest BCUT2D eigenvalue weighted by Crippen LogP contribution is 2.12. The molecular weight excluding hydrogens is 298 g/mol. The van der Waals surface area contributed by atoms with Gasteiger partial charge >= 0.3 is 5.97 Å². The molecule has 8 heteroatoms. The molecule has 118 valence electrons. The number of carbonyl (C=O) groups is 1. The quantitative estimate of drug-likeness (QED) is 0.707. The fourth-order valence-electron chi connectivity index (χ4n) is 1.77. The van der Waals surface area contributed by atoms with Crippen LogP contribution in [-0.4, -0.2) is 62.3 Å². The van der Waals surface area contributed by atoms with Crippen LogP contribution in [0, 0.1) is 0 Å². The average Bonchev–Trinajstić information content (AvgIpc) is 2.38. The standard InChI is InChI=1S/C13H19NO6S/c1-14(7-12(15)8-20-2)21(18,19)9-10-4-3-5-11(6-10)13(16)17/h3-6,12,15H,7-9H2,1-2H3,(H,16,17). The van der Waals surface area contributed by atoms with E-state index >= 15 is 0 Å². The third-order valence-electron chi connectivity index (χ3n) is 2.82. The molecular formula is C13H19NO6S. The molecule has 0 fully saturated rings. The Balaban J connectivity index is 2.80. The number of benzene rings is 1. The summed E-state index contributed by atoms with van der Waals surface area (Å²) in [5.41, 5.74) is 0.410. The molecule has 0 aliphatic heterocycles. The van der Waals surface area contributed by atoms with Crippen LogP contribution in [-0.2, 0) is 20.5 Å². The van der Waals surface area contributed by atoms with Crippen LogP contribution in [0.2, 0.25) is 0 Å². The van der Waals surface area contributed by atoms with Crippen molar-refractivity contribution >= 4 is 16.0 Å². The van der Waals surface area contributed by atoms with E-state index in [1.54, 1.807) is 6.07 Å². The summed E-state index contributed by atoms with van der Waals surface area (Å²) in [7, 11) is -0.876. The van der Waals surface area contributed by atoms with Gasteiger partial charge in [-0.2, -0.15) is 0 Å². The highest BCUT2D eigenvalue weighted by atomic mass is 32.2. The molecule has 1 aromatic rings. The summed E-state index contributed by atoms with van der Waals surface area (Å²) >= 11 is 0. The Morgan fingerprint density at radius 1 is 1.43 bits per heavy atom. The number of aliphatic hydroxyl groups excluding tert-OH is 1. The fraction of sp³-hybridized carbons (Fsp3) is 0.462. The summed E-state index contributed by atoms with van der Waals surface area (Å²) in [5.74, 6) is -1.44. The number of nitrogens with zero attached hydrogens (tertiary/aromatic N) is 1. The second-order valence-corrected chi connectivity index (χ2v) is 6.73. The van der Waals surface area contributed by atoms with E-state index in [4.69, 9.17) is 9.84 Å². The topological polar surface area (TPSA) is 104 Å². The zero-order valence-corrected chi connectivity index (χ0v) is 12.7. The number of carboxylic acid groups (broad SMARTS) is 1. The van der Waals surface area contributed by atoms with Crippen LogP contribution < -0.4 is 0 Å². The van der Waals surface area contributed by atoms with Gasteiger partial charge < -0.3 is 14.9 Å². The SMILES string of the molecule is COCC(O)CN(C)S(=O)(=O)Cc1cccc(C(=O)O)c1. The number of carboxylic acids is 1. The number of rotatable bonds is 8. The van der Waals surface area contributed by atoms with Crippen molar-refractivity contribution in [2.45, 2.75) is 11.9 Å². The van der Waals surface area contributed by atoms with E-state index in [9.17, 15) is 18.3 Å². The van der Waals surface area contributed by atoms with Crippen molar-refractivity contribution in [1.82, 2.24) is 4.31 Å². The van der Waals surface area contributed by atoms with E-state index in [1.807, 2.05) is 0 Å². The Hall–Kier alpha value is -1.48. The lowest BCUT2D eigenvalue weighted by Gasteiger charge is -2.20. The van der Waals surface area contributed by atoms with Crippen LogP contribution in [0.1, 0.15) is 15.9 Å². The van der Waals surface area contributed by atoms with E-state index in [2.05, 4.69) is 0 Å². The maximum atomic E-state index is 12.1. The van der Waals surface area contributed by atoms with Crippen LogP contribution >= 0.6 is 0 Å². The van der Waals surface area contributed by atoms with Gasteiger partial charge in [-0.1, -0.05) is 12.1 Å². The molecule has 0 bridgehead atoms. The molecule has 0 aliphatic carbocycles. The molecule has 0 amide bonds. The molecule has 1 unspecified atom stereocenters. The van der Waals surface area contributed by atoms with E-state index in [0.29, 0.717) is 5.56 Å². The minimum Gasteiger partial charge on any atom is -0.478 e. The van der Waals surface area contributed by atoms with Gasteiger partial charge in [0.05, 0.1) is 24.0 Å². The second-order valence-electron chi connectivity index (χ2n) is 4.65. The average molecular weight is 317 g/mol. The van der Waals surface area contributed by atoms with Gasteiger partial charge in [-0.25, -0.2) is 17.5 Å². The number of ether oxygens (including phenoxy) is 1. The predicted octanol–water partition coefficient (Wildman–Crippen LogP) is 0.154. The Bertz CT molecular complexity index is 586. The largest absolute Gasteiger partial charge is 0.478 e. The molecule has 21 heavy (non-hydrogen) atoms. The zero-order valence-electron chi connectivity index (χ0n) is 11.9. The molecule has 2 N–H and O–H groups in total. The van der Waals surface area contributed by atoms with Gasteiger partial charge in [0.2, 0.25) is 10.0 Å². The van der Waals surface area contributed by atoms with Crippen LogP contribution in [0.15, 0.2) is 24.3 Å². The van der Waals surface area contributed by atoms with Gasteiger partial charge in [-0.15, -0.1) is 0 Å². The van der Waals surface area contributed by atoms with Crippen LogP contribution in [0.5, 0.6) is 0 Å². The third kappa shape index (κ3) is 5.43. The molecule has 0 aliphatic rings. The molecule has 1 aromatic carbocycles. The highest BCUT2D eigenvalue weighted by molar-refractivity contribution is 7.88. The minimum absolute atomic E-state index is 0.0322. The maximum absolute atomic E-state index is 12.1. The van der Waals surface area contributed by atoms with Gasteiger partial charge in [-0.05, 0) is 17.7 Å². The zero-order chi connectivity index (χ0) is 16.0. The predicted molar refractivity (Wildman–Crippen MR) is 76.5 cm³/mol. The van der Waals surface area contributed by atoms with Crippen molar-refractivity contribution in [1.29, 1.82) is 0 Å². The summed E-state index contributed by atoms with van der Waals surface area (Å²) in [6.45, 7) is -0.0524. The smallest absolute Gasteiger partial charge is 0.335 e. The Labute approximate surface area is 123 Å². The summed E-state index contributed by atoms with van der Waals surface area (Å²) in [4.78, 5) is 10.9.